The van der Waals surface area contributed by atoms with Crippen LogP contribution in [0.4, 0.5) is 4.39 Å². The minimum atomic E-state index is -0.297. The molecule has 0 radical (unpaired) electrons. The van der Waals surface area contributed by atoms with Crippen molar-refractivity contribution < 1.29 is 9.18 Å². The number of carbonyl (C=O) groups excluding carboxylic acids is 1. The minimum absolute atomic E-state index is 0.0678. The largest absolute Gasteiger partial charge is 0.352 e. The second-order valence-corrected chi connectivity index (χ2v) is 5.67. The van der Waals surface area contributed by atoms with Crippen LogP contribution in [0.15, 0.2) is 79.1 Å². The summed E-state index contributed by atoms with van der Waals surface area (Å²) in [5, 5.41) is 2.93. The summed E-state index contributed by atoms with van der Waals surface area (Å²) in [5.41, 5.74) is 1.83. The Hall–Kier alpha value is -2.88. The zero-order chi connectivity index (χ0) is 16.8. The van der Waals surface area contributed by atoms with Crippen LogP contribution in [0, 0.1) is 5.82 Å². The molecule has 122 valence electrons. The van der Waals surface area contributed by atoms with Gasteiger partial charge >= 0.3 is 0 Å². The van der Waals surface area contributed by atoms with Crippen molar-refractivity contribution in [3.63, 3.8) is 0 Å². The van der Waals surface area contributed by atoms with Crippen LogP contribution in [0.2, 0.25) is 0 Å². The summed E-state index contributed by atoms with van der Waals surface area (Å²) in [6, 6.07) is 19.7. The van der Waals surface area contributed by atoms with Crippen LogP contribution in [-0.4, -0.2) is 10.5 Å². The average molecular weight is 322 g/mol. The van der Waals surface area contributed by atoms with Crippen molar-refractivity contribution in [2.75, 3.05) is 0 Å². The normalized spacial score (nSPS) is 11.9. The number of hydrogen-bond acceptors (Lipinski definition) is 1. The first kappa shape index (κ1) is 16.0. The molecule has 0 spiro atoms. The fourth-order valence-electron chi connectivity index (χ4n) is 2.71. The number of nitrogens with one attached hydrogen (secondary N) is 1. The number of carbonyl (C=O) groups is 1. The van der Waals surface area contributed by atoms with Crippen LogP contribution >= 0.6 is 0 Å². The van der Waals surface area contributed by atoms with Gasteiger partial charge in [-0.25, -0.2) is 4.39 Å². The fourth-order valence-corrected chi connectivity index (χ4v) is 2.71. The van der Waals surface area contributed by atoms with Gasteiger partial charge in [0, 0.05) is 18.9 Å². The van der Waals surface area contributed by atoms with Crippen LogP contribution in [0.5, 0.6) is 0 Å². The van der Waals surface area contributed by atoms with Gasteiger partial charge < -0.3 is 9.88 Å². The maximum Gasteiger partial charge on any atom is 0.222 e. The lowest BCUT2D eigenvalue weighted by molar-refractivity contribution is -0.121. The Balaban J connectivity index is 1.71. The van der Waals surface area contributed by atoms with Crippen LogP contribution in [0.25, 0.3) is 0 Å². The number of benzene rings is 2. The summed E-state index contributed by atoms with van der Waals surface area (Å²) in [6.07, 6.45) is 4.03. The van der Waals surface area contributed by atoms with Crippen molar-refractivity contribution in [1.82, 2.24) is 9.88 Å². The van der Waals surface area contributed by atoms with Gasteiger partial charge in [0.15, 0.2) is 0 Å². The third-order valence-corrected chi connectivity index (χ3v) is 3.93. The van der Waals surface area contributed by atoms with Gasteiger partial charge in [-0.2, -0.15) is 0 Å². The third kappa shape index (κ3) is 4.10. The van der Waals surface area contributed by atoms with Crippen LogP contribution in [0.3, 0.4) is 0 Å². The minimum Gasteiger partial charge on any atom is -0.352 e. The number of rotatable bonds is 6. The lowest BCUT2D eigenvalue weighted by Crippen LogP contribution is -2.26. The van der Waals surface area contributed by atoms with Gasteiger partial charge in [-0.15, -0.1) is 0 Å². The molecule has 1 amide bonds. The predicted molar refractivity (Wildman–Crippen MR) is 91.9 cm³/mol. The molecule has 0 unspecified atom stereocenters. The van der Waals surface area contributed by atoms with Gasteiger partial charge in [0.05, 0.1) is 12.5 Å². The van der Waals surface area contributed by atoms with E-state index in [9.17, 15) is 9.18 Å². The Morgan fingerprint density at radius 1 is 1.00 bits per heavy atom. The van der Waals surface area contributed by atoms with E-state index in [1.54, 1.807) is 6.07 Å². The molecule has 0 bridgehead atoms. The van der Waals surface area contributed by atoms with E-state index in [4.69, 9.17) is 0 Å². The van der Waals surface area contributed by atoms with Gasteiger partial charge in [-0.3, -0.25) is 4.79 Å². The summed E-state index contributed by atoms with van der Waals surface area (Å²) in [7, 11) is 0. The molecule has 3 nitrogen and oxygen atoms in total. The highest BCUT2D eigenvalue weighted by Crippen LogP contribution is 2.23. The molecule has 3 rings (SSSR count). The Kier molecular flexibility index (Phi) is 5.06. The first-order chi connectivity index (χ1) is 11.7. The summed E-state index contributed by atoms with van der Waals surface area (Å²) >= 11 is 0. The molecule has 1 aromatic heterocycles. The molecule has 2 aromatic carbocycles. The Morgan fingerprint density at radius 2 is 1.75 bits per heavy atom. The summed E-state index contributed by atoms with van der Waals surface area (Å²) < 4.78 is 15.5. The van der Waals surface area contributed by atoms with E-state index in [0.717, 1.165) is 11.1 Å². The molecule has 1 atom stereocenters. The highest BCUT2D eigenvalue weighted by molar-refractivity contribution is 5.76. The SMILES string of the molecule is O=C(C[C@@H](c1cccc(F)c1)n1cccc1)NCc1ccccc1. The standard InChI is InChI=1S/C20H19FN2O/c21-18-10-6-9-17(13-18)19(23-11-4-5-12-23)14-20(24)22-15-16-7-2-1-3-8-16/h1-13,19H,14-15H2,(H,22,24)/t19-/m0/s1. The number of halogens is 1. The number of aromatic nitrogens is 1. The van der Waals surface area contributed by atoms with Gasteiger partial charge in [0.25, 0.3) is 0 Å². The van der Waals surface area contributed by atoms with E-state index in [2.05, 4.69) is 5.32 Å². The topological polar surface area (TPSA) is 34.0 Å². The van der Waals surface area contributed by atoms with Gasteiger partial charge in [0.1, 0.15) is 5.82 Å². The van der Waals surface area contributed by atoms with Crippen molar-refractivity contribution in [3.8, 4) is 0 Å². The van der Waals surface area contributed by atoms with Crippen LogP contribution in [-0.2, 0) is 11.3 Å². The number of nitrogens with zero attached hydrogens (tertiary/aromatic N) is 1. The zero-order valence-corrected chi connectivity index (χ0v) is 13.2. The molecule has 4 heteroatoms. The van der Waals surface area contributed by atoms with Crippen LogP contribution in [0.1, 0.15) is 23.6 Å². The highest BCUT2D eigenvalue weighted by Gasteiger charge is 2.17. The molecule has 0 aliphatic carbocycles. The third-order valence-electron chi connectivity index (χ3n) is 3.93. The van der Waals surface area contributed by atoms with E-state index in [0.29, 0.717) is 6.54 Å². The van der Waals surface area contributed by atoms with Gasteiger partial charge in [0.2, 0.25) is 5.91 Å². The molecule has 0 saturated heterocycles. The quantitative estimate of drug-likeness (QED) is 0.733. The monoisotopic (exact) mass is 322 g/mol. The summed E-state index contributed by atoms with van der Waals surface area (Å²) in [6.45, 7) is 0.487. The van der Waals surface area contributed by atoms with Crippen LogP contribution < -0.4 is 5.32 Å². The van der Waals surface area contributed by atoms with Gasteiger partial charge in [-0.1, -0.05) is 42.5 Å². The van der Waals surface area contributed by atoms with Crippen molar-refractivity contribution in [2.24, 2.45) is 0 Å². The molecule has 1 heterocycles. The zero-order valence-electron chi connectivity index (χ0n) is 13.2. The van der Waals surface area contributed by atoms with Crippen molar-refractivity contribution in [3.05, 3.63) is 96.1 Å². The van der Waals surface area contributed by atoms with E-state index >= 15 is 0 Å². The number of amides is 1. The molecule has 1 N–H and O–H groups in total. The molecular formula is C20H19FN2O. The van der Waals surface area contributed by atoms with E-state index in [1.807, 2.05) is 65.5 Å². The smallest absolute Gasteiger partial charge is 0.222 e. The molecule has 3 aromatic rings. The second kappa shape index (κ2) is 7.59. The molecule has 0 fully saturated rings. The lowest BCUT2D eigenvalue weighted by Gasteiger charge is -2.19. The highest BCUT2D eigenvalue weighted by atomic mass is 19.1. The second-order valence-electron chi connectivity index (χ2n) is 5.67. The van der Waals surface area contributed by atoms with E-state index < -0.39 is 0 Å². The maximum atomic E-state index is 13.6. The van der Waals surface area contributed by atoms with Crippen molar-refractivity contribution in [1.29, 1.82) is 0 Å². The molecule has 0 aliphatic rings. The van der Waals surface area contributed by atoms with Crippen molar-refractivity contribution >= 4 is 5.91 Å². The van der Waals surface area contributed by atoms with Crippen molar-refractivity contribution in [2.45, 2.75) is 19.0 Å². The number of hydrogen-bond donors (Lipinski definition) is 1. The molecule has 0 saturated carbocycles. The molecular weight excluding hydrogens is 303 g/mol. The first-order valence-electron chi connectivity index (χ1n) is 7.91. The molecule has 24 heavy (non-hydrogen) atoms. The Bertz CT molecular complexity index is 784. The summed E-state index contributed by atoms with van der Waals surface area (Å²) in [4.78, 5) is 12.4. The Morgan fingerprint density at radius 3 is 2.46 bits per heavy atom. The fraction of sp³-hybridized carbons (Fsp3) is 0.150. The first-order valence-corrected chi connectivity index (χ1v) is 7.91. The summed E-state index contributed by atoms with van der Waals surface area (Å²) in [5.74, 6) is -0.365. The lowest BCUT2D eigenvalue weighted by atomic mass is 10.0. The predicted octanol–water partition coefficient (Wildman–Crippen LogP) is 3.92. The average Bonchev–Trinajstić information content (AvgIpc) is 3.13. The van der Waals surface area contributed by atoms with Gasteiger partial charge in [-0.05, 0) is 35.4 Å². The molecule has 0 aliphatic heterocycles. The van der Waals surface area contributed by atoms with E-state index in [1.165, 1.54) is 12.1 Å². The Labute approximate surface area is 140 Å². The maximum absolute atomic E-state index is 13.6. The van der Waals surface area contributed by atoms with E-state index in [-0.39, 0.29) is 24.2 Å².